The summed E-state index contributed by atoms with van der Waals surface area (Å²) in [4.78, 5) is 16.8. The molecule has 1 aromatic heterocycles. The van der Waals surface area contributed by atoms with Crippen LogP contribution in [0.1, 0.15) is 29.1 Å². The monoisotopic (exact) mass is 469 g/mol. The number of nitrogens with zero attached hydrogens (tertiary/aromatic N) is 1. The van der Waals surface area contributed by atoms with Crippen molar-refractivity contribution in [2.24, 2.45) is 0 Å². The Morgan fingerprint density at radius 2 is 2.03 bits per heavy atom. The molecule has 2 N–H and O–H groups in total. The molecule has 7 nitrogen and oxygen atoms in total. The van der Waals surface area contributed by atoms with E-state index in [9.17, 15) is 13.2 Å². The lowest BCUT2D eigenvalue weighted by molar-refractivity contribution is -0.111. The summed E-state index contributed by atoms with van der Waals surface area (Å²) in [5.41, 5.74) is 2.09. The smallest absolute Gasteiger partial charge is 0.248 e. The van der Waals surface area contributed by atoms with Gasteiger partial charge in [0.05, 0.1) is 15.6 Å². The van der Waals surface area contributed by atoms with E-state index in [2.05, 4.69) is 15.0 Å². The van der Waals surface area contributed by atoms with Crippen LogP contribution in [0.15, 0.2) is 64.9 Å². The summed E-state index contributed by atoms with van der Waals surface area (Å²) < 4.78 is 33.1. The Morgan fingerprint density at radius 1 is 1.22 bits per heavy atom. The maximum Gasteiger partial charge on any atom is 0.248 e. The normalized spacial score (nSPS) is 13.9. The zero-order valence-corrected chi connectivity index (χ0v) is 19.1. The number of thiazole rings is 1. The fraction of sp³-hybridized carbons (Fsp3) is 0.217. The SMILES string of the molecule is Cc1nc(COc2cccc(/C=C/C(=O)Nc3cccc(S(=O)(=O)NC4CC4)c3)c2)cs1. The van der Waals surface area contributed by atoms with E-state index in [0.29, 0.717) is 18.0 Å². The molecule has 1 amide bonds. The molecule has 0 radical (unpaired) electrons. The molecule has 0 unspecified atom stereocenters. The van der Waals surface area contributed by atoms with E-state index in [1.165, 1.54) is 18.2 Å². The number of amides is 1. The molecule has 0 atom stereocenters. The van der Waals surface area contributed by atoms with Gasteiger partial charge in [-0.05, 0) is 61.7 Å². The van der Waals surface area contributed by atoms with Gasteiger partial charge in [0, 0.05) is 23.2 Å². The molecule has 0 bridgehead atoms. The van der Waals surface area contributed by atoms with Gasteiger partial charge >= 0.3 is 0 Å². The highest BCUT2D eigenvalue weighted by Crippen LogP contribution is 2.23. The number of carbonyl (C=O) groups is 1. The highest BCUT2D eigenvalue weighted by Gasteiger charge is 2.28. The van der Waals surface area contributed by atoms with Gasteiger partial charge in [-0.3, -0.25) is 4.79 Å². The zero-order chi connectivity index (χ0) is 22.6. The quantitative estimate of drug-likeness (QED) is 0.460. The van der Waals surface area contributed by atoms with E-state index >= 15 is 0 Å². The van der Waals surface area contributed by atoms with Crippen molar-refractivity contribution in [2.45, 2.75) is 37.3 Å². The van der Waals surface area contributed by atoms with Crippen molar-refractivity contribution >= 4 is 39.0 Å². The van der Waals surface area contributed by atoms with Crippen LogP contribution in [0.5, 0.6) is 5.75 Å². The molecule has 1 aliphatic carbocycles. The Hall–Kier alpha value is -3.01. The first-order chi connectivity index (χ1) is 15.4. The number of nitrogens with one attached hydrogen (secondary N) is 2. The van der Waals surface area contributed by atoms with Crippen LogP contribution in [0.4, 0.5) is 5.69 Å². The molecule has 1 heterocycles. The summed E-state index contributed by atoms with van der Waals surface area (Å²) in [6, 6.07) is 13.6. The molecular formula is C23H23N3O4S2. The van der Waals surface area contributed by atoms with Gasteiger partial charge in [-0.25, -0.2) is 18.1 Å². The third-order valence-corrected chi connectivity index (χ3v) is 6.99. The summed E-state index contributed by atoms with van der Waals surface area (Å²) in [6.07, 6.45) is 4.78. The van der Waals surface area contributed by atoms with Crippen molar-refractivity contribution < 1.29 is 17.9 Å². The summed E-state index contributed by atoms with van der Waals surface area (Å²) >= 11 is 1.58. The van der Waals surface area contributed by atoms with Crippen molar-refractivity contribution in [1.29, 1.82) is 0 Å². The average molecular weight is 470 g/mol. The second-order valence-corrected chi connectivity index (χ2v) is 10.2. The molecule has 0 aliphatic heterocycles. The summed E-state index contributed by atoms with van der Waals surface area (Å²) in [6.45, 7) is 2.33. The van der Waals surface area contributed by atoms with Gasteiger partial charge in [-0.2, -0.15) is 0 Å². The highest BCUT2D eigenvalue weighted by molar-refractivity contribution is 7.89. The zero-order valence-electron chi connectivity index (χ0n) is 17.4. The van der Waals surface area contributed by atoms with Crippen LogP contribution < -0.4 is 14.8 Å². The second-order valence-electron chi connectivity index (χ2n) is 7.47. The van der Waals surface area contributed by atoms with E-state index in [1.54, 1.807) is 29.5 Å². The Balaban J connectivity index is 1.36. The molecular weight excluding hydrogens is 446 g/mol. The summed E-state index contributed by atoms with van der Waals surface area (Å²) in [5.74, 6) is 0.318. The van der Waals surface area contributed by atoms with Crippen LogP contribution in [0.2, 0.25) is 0 Å². The van der Waals surface area contributed by atoms with Crippen molar-refractivity contribution in [3.63, 3.8) is 0 Å². The molecule has 166 valence electrons. The Labute approximate surface area is 191 Å². The third-order valence-electron chi connectivity index (χ3n) is 4.65. The van der Waals surface area contributed by atoms with E-state index in [0.717, 1.165) is 29.1 Å². The lowest BCUT2D eigenvalue weighted by atomic mass is 10.2. The minimum atomic E-state index is -3.58. The molecule has 32 heavy (non-hydrogen) atoms. The number of aryl methyl sites for hydroxylation is 1. The number of carbonyl (C=O) groups excluding carboxylic acids is 1. The predicted octanol–water partition coefficient (Wildman–Crippen LogP) is 4.12. The van der Waals surface area contributed by atoms with Crippen LogP contribution in [-0.2, 0) is 21.4 Å². The van der Waals surface area contributed by atoms with E-state index in [-0.39, 0.29) is 16.8 Å². The maximum atomic E-state index is 12.4. The van der Waals surface area contributed by atoms with Gasteiger partial charge in [0.25, 0.3) is 0 Å². The number of sulfonamides is 1. The number of hydrogen-bond donors (Lipinski definition) is 2. The van der Waals surface area contributed by atoms with E-state index < -0.39 is 10.0 Å². The first-order valence-electron chi connectivity index (χ1n) is 10.1. The second kappa shape index (κ2) is 9.64. The predicted molar refractivity (Wildman–Crippen MR) is 125 cm³/mol. The fourth-order valence-corrected chi connectivity index (χ4v) is 4.87. The van der Waals surface area contributed by atoms with Gasteiger partial charge in [0.15, 0.2) is 0 Å². The number of anilines is 1. The number of rotatable bonds is 9. The van der Waals surface area contributed by atoms with Crippen LogP contribution in [0, 0.1) is 6.92 Å². The molecule has 1 saturated carbocycles. The molecule has 0 saturated heterocycles. The molecule has 2 aromatic carbocycles. The maximum absolute atomic E-state index is 12.4. The Morgan fingerprint density at radius 3 is 2.78 bits per heavy atom. The average Bonchev–Trinajstić information content (AvgIpc) is 3.48. The van der Waals surface area contributed by atoms with Gasteiger partial charge in [-0.15, -0.1) is 11.3 Å². The highest BCUT2D eigenvalue weighted by atomic mass is 32.2. The lowest BCUT2D eigenvalue weighted by Crippen LogP contribution is -2.25. The summed E-state index contributed by atoms with van der Waals surface area (Å²) in [5, 5.41) is 5.66. The summed E-state index contributed by atoms with van der Waals surface area (Å²) in [7, 11) is -3.58. The molecule has 0 spiro atoms. The van der Waals surface area contributed by atoms with Gasteiger partial charge in [0.2, 0.25) is 15.9 Å². The van der Waals surface area contributed by atoms with Gasteiger partial charge in [0.1, 0.15) is 12.4 Å². The lowest BCUT2D eigenvalue weighted by Gasteiger charge is -2.08. The number of benzene rings is 2. The fourth-order valence-electron chi connectivity index (χ4n) is 2.93. The first-order valence-corrected chi connectivity index (χ1v) is 12.5. The van der Waals surface area contributed by atoms with Gasteiger partial charge < -0.3 is 10.1 Å². The van der Waals surface area contributed by atoms with Crippen molar-refractivity contribution in [3.05, 3.63) is 76.3 Å². The van der Waals surface area contributed by atoms with Gasteiger partial charge in [-0.1, -0.05) is 18.2 Å². The van der Waals surface area contributed by atoms with Crippen LogP contribution in [-0.4, -0.2) is 25.4 Å². The molecule has 1 fully saturated rings. The third kappa shape index (κ3) is 6.25. The van der Waals surface area contributed by atoms with Crippen molar-refractivity contribution in [2.75, 3.05) is 5.32 Å². The molecule has 9 heteroatoms. The first kappa shape index (κ1) is 22.2. The number of ether oxygens (including phenoxy) is 1. The number of aromatic nitrogens is 1. The molecule has 3 aromatic rings. The van der Waals surface area contributed by atoms with E-state index in [1.807, 2.05) is 36.6 Å². The van der Waals surface area contributed by atoms with Crippen LogP contribution in [0.3, 0.4) is 0 Å². The van der Waals surface area contributed by atoms with Crippen molar-refractivity contribution in [1.82, 2.24) is 9.71 Å². The largest absolute Gasteiger partial charge is 0.487 e. The topological polar surface area (TPSA) is 97.4 Å². The van der Waals surface area contributed by atoms with Crippen molar-refractivity contribution in [3.8, 4) is 5.75 Å². The minimum absolute atomic E-state index is 0.0200. The number of hydrogen-bond acceptors (Lipinski definition) is 6. The Bertz CT molecular complexity index is 1250. The van der Waals surface area contributed by atoms with Crippen LogP contribution >= 0.6 is 11.3 Å². The standard InChI is InChI=1S/C23H23N3O4S2/c1-16-24-20(15-31-16)14-30-21-6-2-4-17(12-21)8-11-23(27)25-19-5-3-7-22(13-19)32(28,29)26-18-9-10-18/h2-8,11-13,15,18,26H,9-10,14H2,1H3,(H,25,27)/b11-8+. The molecule has 1 aliphatic rings. The Kier molecular flexibility index (Phi) is 6.69. The minimum Gasteiger partial charge on any atom is -0.487 e. The van der Waals surface area contributed by atoms with E-state index in [4.69, 9.17) is 4.74 Å². The van der Waals surface area contributed by atoms with Crippen LogP contribution in [0.25, 0.3) is 6.08 Å². The molecule has 4 rings (SSSR count).